The number of halogens is 4. The second-order valence-electron chi connectivity index (χ2n) is 5.67. The number of rotatable bonds is 5. The Morgan fingerprint density at radius 2 is 1.88 bits per heavy atom. The molecule has 0 aliphatic heterocycles. The lowest BCUT2D eigenvalue weighted by molar-refractivity contribution is -0.144. The van der Waals surface area contributed by atoms with Crippen molar-refractivity contribution in [2.75, 3.05) is 5.32 Å². The van der Waals surface area contributed by atoms with Gasteiger partial charge < -0.3 is 5.32 Å². The molecule has 140 valence electrons. The summed E-state index contributed by atoms with van der Waals surface area (Å²) in [4.78, 5) is 27.8. The minimum absolute atomic E-state index is 0.171. The first-order valence-corrected chi connectivity index (χ1v) is 7.83. The van der Waals surface area contributed by atoms with E-state index < -0.39 is 35.8 Å². The van der Waals surface area contributed by atoms with Gasteiger partial charge in [-0.15, -0.1) is 5.10 Å². The van der Waals surface area contributed by atoms with Crippen LogP contribution in [0.1, 0.15) is 30.0 Å². The summed E-state index contributed by atoms with van der Waals surface area (Å²) in [5.74, 6) is -3.58. The topological polar surface area (TPSA) is 99.8 Å². The van der Waals surface area contributed by atoms with Crippen LogP contribution < -0.4 is 10.6 Å². The molecule has 1 heterocycles. The third-order valence-electron chi connectivity index (χ3n) is 3.34. The van der Waals surface area contributed by atoms with Crippen LogP contribution in [0.5, 0.6) is 0 Å². The second kappa shape index (κ2) is 7.73. The number of aromatic amines is 1. The van der Waals surface area contributed by atoms with Gasteiger partial charge in [-0.1, -0.05) is 37.6 Å². The first kappa shape index (κ1) is 19.7. The third-order valence-corrected chi connectivity index (χ3v) is 3.67. The largest absolute Gasteiger partial charge is 0.451 e. The van der Waals surface area contributed by atoms with Crippen LogP contribution in [0.25, 0.3) is 0 Å². The van der Waals surface area contributed by atoms with E-state index in [9.17, 15) is 22.8 Å². The zero-order chi connectivity index (χ0) is 19.5. The van der Waals surface area contributed by atoms with Crippen LogP contribution in [-0.4, -0.2) is 33.0 Å². The Morgan fingerprint density at radius 1 is 1.23 bits per heavy atom. The van der Waals surface area contributed by atoms with Crippen molar-refractivity contribution in [3.63, 3.8) is 0 Å². The number of amides is 2. The van der Waals surface area contributed by atoms with Crippen LogP contribution in [0.2, 0.25) is 5.02 Å². The van der Waals surface area contributed by atoms with Gasteiger partial charge in [0, 0.05) is 0 Å². The Balaban J connectivity index is 2.11. The summed E-state index contributed by atoms with van der Waals surface area (Å²) < 4.78 is 37.5. The fourth-order valence-corrected chi connectivity index (χ4v) is 2.25. The molecule has 0 aliphatic carbocycles. The summed E-state index contributed by atoms with van der Waals surface area (Å²) in [5.41, 5.74) is 0.171. The average molecular weight is 390 g/mol. The zero-order valence-electron chi connectivity index (χ0n) is 13.7. The molecule has 0 aliphatic rings. The number of carbonyl (C=O) groups excluding carboxylic acids is 2. The predicted molar refractivity (Wildman–Crippen MR) is 87.6 cm³/mol. The highest BCUT2D eigenvalue weighted by atomic mass is 35.5. The van der Waals surface area contributed by atoms with Gasteiger partial charge in [0.15, 0.2) is 0 Å². The zero-order valence-corrected chi connectivity index (χ0v) is 14.4. The number of aromatic nitrogens is 3. The second-order valence-corrected chi connectivity index (χ2v) is 6.08. The lowest BCUT2D eigenvalue weighted by atomic mass is 10.0. The molecule has 0 bridgehead atoms. The van der Waals surface area contributed by atoms with Crippen molar-refractivity contribution >= 4 is 29.4 Å². The molecule has 0 fully saturated rings. The highest BCUT2D eigenvalue weighted by Crippen LogP contribution is 2.26. The summed E-state index contributed by atoms with van der Waals surface area (Å²) >= 11 is 5.94. The summed E-state index contributed by atoms with van der Waals surface area (Å²) in [6.45, 7) is 3.33. The first-order chi connectivity index (χ1) is 12.1. The Bertz CT molecular complexity index is 807. The van der Waals surface area contributed by atoms with Gasteiger partial charge >= 0.3 is 6.18 Å². The summed E-state index contributed by atoms with van der Waals surface area (Å²) in [6.07, 6.45) is -4.72. The molecule has 2 rings (SSSR count). The van der Waals surface area contributed by atoms with Crippen molar-refractivity contribution in [3.8, 4) is 0 Å². The van der Waals surface area contributed by atoms with Crippen molar-refractivity contribution in [2.45, 2.75) is 26.1 Å². The monoisotopic (exact) mass is 389 g/mol. The summed E-state index contributed by atoms with van der Waals surface area (Å²) in [6, 6.07) is 5.22. The van der Waals surface area contributed by atoms with Crippen LogP contribution in [-0.2, 0) is 11.0 Å². The molecule has 7 nitrogen and oxygen atoms in total. The number of nitrogens with one attached hydrogen (secondary N) is 3. The van der Waals surface area contributed by atoms with Gasteiger partial charge in [-0.25, -0.2) is 0 Å². The van der Waals surface area contributed by atoms with Crippen molar-refractivity contribution in [2.24, 2.45) is 5.92 Å². The van der Waals surface area contributed by atoms with Gasteiger partial charge in [-0.05, 0) is 18.1 Å². The van der Waals surface area contributed by atoms with Gasteiger partial charge in [0.1, 0.15) is 6.04 Å². The van der Waals surface area contributed by atoms with E-state index in [1.165, 1.54) is 12.1 Å². The predicted octanol–water partition coefficient (Wildman–Crippen LogP) is 2.87. The maximum absolute atomic E-state index is 12.5. The van der Waals surface area contributed by atoms with Crippen molar-refractivity contribution < 1.29 is 22.8 Å². The molecule has 1 unspecified atom stereocenters. The average Bonchev–Trinajstić information content (AvgIpc) is 3.01. The van der Waals surface area contributed by atoms with Crippen molar-refractivity contribution in [3.05, 3.63) is 40.7 Å². The van der Waals surface area contributed by atoms with Gasteiger partial charge in [0.25, 0.3) is 5.91 Å². The first-order valence-electron chi connectivity index (χ1n) is 7.45. The molecule has 11 heteroatoms. The normalized spacial score (nSPS) is 12.7. The molecule has 1 aromatic carbocycles. The Labute approximate surface area is 151 Å². The summed E-state index contributed by atoms with van der Waals surface area (Å²) in [5, 5.41) is 9.84. The smallest absolute Gasteiger partial charge is 0.340 e. The van der Waals surface area contributed by atoms with Gasteiger partial charge in [0.2, 0.25) is 17.7 Å². The van der Waals surface area contributed by atoms with Crippen molar-refractivity contribution in [1.29, 1.82) is 0 Å². The number of alkyl halides is 3. The number of benzene rings is 1. The standard InChI is InChI=1S/C15H15ClF3N5O2/c1-7(2)10(20-11(25)8-5-3-4-6-9(8)16)12(26)21-14-22-13(23-24-14)15(17,18)19/h3-7,10H,1-2H3,(H,20,25)(H2,21,22,23,24,26). The minimum atomic E-state index is -4.72. The molecule has 0 radical (unpaired) electrons. The third kappa shape index (κ3) is 4.72. The molecule has 3 N–H and O–H groups in total. The van der Waals surface area contributed by atoms with Gasteiger partial charge in [0.05, 0.1) is 10.6 Å². The number of carbonyl (C=O) groups is 2. The van der Waals surface area contributed by atoms with E-state index >= 15 is 0 Å². The van der Waals surface area contributed by atoms with Crippen LogP contribution in [0.3, 0.4) is 0 Å². The highest BCUT2D eigenvalue weighted by Gasteiger charge is 2.36. The number of H-pyrrole nitrogens is 1. The highest BCUT2D eigenvalue weighted by molar-refractivity contribution is 6.33. The molecule has 0 saturated heterocycles. The number of hydrogen-bond acceptors (Lipinski definition) is 4. The fraction of sp³-hybridized carbons (Fsp3) is 0.333. The van der Waals surface area contributed by atoms with Gasteiger partial charge in [-0.3, -0.25) is 20.0 Å². The van der Waals surface area contributed by atoms with Crippen LogP contribution in [0, 0.1) is 5.92 Å². The van der Waals surface area contributed by atoms with E-state index in [2.05, 4.69) is 20.7 Å². The molecule has 0 spiro atoms. The molecule has 0 saturated carbocycles. The van der Waals surface area contributed by atoms with Gasteiger partial charge in [-0.2, -0.15) is 18.2 Å². The van der Waals surface area contributed by atoms with Crippen LogP contribution in [0.15, 0.2) is 24.3 Å². The Morgan fingerprint density at radius 3 is 2.42 bits per heavy atom. The number of hydrogen-bond donors (Lipinski definition) is 3. The number of nitrogens with zero attached hydrogens (tertiary/aromatic N) is 2. The van der Waals surface area contributed by atoms with Crippen LogP contribution in [0.4, 0.5) is 19.1 Å². The fourth-order valence-electron chi connectivity index (χ4n) is 2.03. The molecule has 1 aromatic heterocycles. The Kier molecular flexibility index (Phi) is 5.86. The van der Waals surface area contributed by atoms with E-state index in [0.717, 1.165) is 0 Å². The SMILES string of the molecule is CC(C)C(NC(=O)c1ccccc1Cl)C(=O)Nc1n[nH]c(C(F)(F)F)n1. The van der Waals surface area contributed by atoms with E-state index in [4.69, 9.17) is 11.6 Å². The molecule has 2 aromatic rings. The van der Waals surface area contributed by atoms with Crippen molar-refractivity contribution in [1.82, 2.24) is 20.5 Å². The number of anilines is 1. The quantitative estimate of drug-likeness (QED) is 0.732. The van der Waals surface area contributed by atoms with Crippen LogP contribution >= 0.6 is 11.6 Å². The molecule has 26 heavy (non-hydrogen) atoms. The maximum atomic E-state index is 12.5. The molecule has 1 atom stereocenters. The van der Waals surface area contributed by atoms with E-state index in [1.807, 2.05) is 0 Å². The maximum Gasteiger partial charge on any atom is 0.451 e. The van der Waals surface area contributed by atoms with E-state index in [0.29, 0.717) is 0 Å². The Hall–Kier alpha value is -2.62. The molecular weight excluding hydrogens is 375 g/mol. The molecular formula is C15H15ClF3N5O2. The lowest BCUT2D eigenvalue weighted by Crippen LogP contribution is -2.47. The summed E-state index contributed by atoms with van der Waals surface area (Å²) in [7, 11) is 0. The van der Waals surface area contributed by atoms with E-state index in [-0.39, 0.29) is 16.5 Å². The lowest BCUT2D eigenvalue weighted by Gasteiger charge is -2.21. The van der Waals surface area contributed by atoms with E-state index in [1.54, 1.807) is 31.1 Å². The minimum Gasteiger partial charge on any atom is -0.340 e. The molecule has 2 amide bonds.